The topological polar surface area (TPSA) is 102 Å². The number of carbonyl (C=O) groups is 2. The Labute approximate surface area is 238 Å². The molecule has 1 saturated carbocycles. The summed E-state index contributed by atoms with van der Waals surface area (Å²) in [7, 11) is -2.14. The number of methoxy groups -OCH3 is 1. The van der Waals surface area contributed by atoms with Crippen molar-refractivity contribution in [2.45, 2.75) is 101 Å². The Morgan fingerprint density at radius 1 is 0.975 bits per heavy atom. The SMILES string of the molecule is COC(=O)[C@]1(c2ccc(CN3[C@@H](C)CCC(c4ccccc4)S3(=O)=O)cc2)CC[C@H](NC(=O)OC(C)(C)C)CC1. The Morgan fingerprint density at radius 2 is 1.60 bits per heavy atom. The fraction of sp³-hybridized carbons (Fsp3) is 0.548. The lowest BCUT2D eigenvalue weighted by atomic mass is 9.68. The Bertz CT molecular complexity index is 1280. The second-order valence-electron chi connectivity index (χ2n) is 12.1. The highest BCUT2D eigenvalue weighted by Crippen LogP contribution is 2.42. The zero-order chi connectivity index (χ0) is 29.1. The van der Waals surface area contributed by atoms with Crippen molar-refractivity contribution in [3.63, 3.8) is 0 Å². The maximum Gasteiger partial charge on any atom is 0.407 e. The first-order valence-electron chi connectivity index (χ1n) is 14.1. The molecule has 0 aromatic heterocycles. The average molecular weight is 571 g/mol. The van der Waals surface area contributed by atoms with Crippen molar-refractivity contribution in [2.24, 2.45) is 0 Å². The van der Waals surface area contributed by atoms with Gasteiger partial charge < -0.3 is 14.8 Å². The van der Waals surface area contributed by atoms with Crippen LogP contribution >= 0.6 is 0 Å². The van der Waals surface area contributed by atoms with Crippen molar-refractivity contribution >= 4 is 22.1 Å². The quantitative estimate of drug-likeness (QED) is 0.453. The molecule has 218 valence electrons. The van der Waals surface area contributed by atoms with Gasteiger partial charge in [-0.1, -0.05) is 54.6 Å². The highest BCUT2D eigenvalue weighted by molar-refractivity contribution is 7.89. The molecule has 1 unspecified atom stereocenters. The van der Waals surface area contributed by atoms with Crippen molar-refractivity contribution < 1.29 is 27.5 Å². The summed E-state index contributed by atoms with van der Waals surface area (Å²) in [5.41, 5.74) is 1.14. The van der Waals surface area contributed by atoms with Crippen molar-refractivity contribution in [3.05, 3.63) is 71.3 Å². The van der Waals surface area contributed by atoms with E-state index in [1.807, 2.05) is 82.3 Å². The number of sulfonamides is 1. The van der Waals surface area contributed by atoms with Crippen LogP contribution in [0.25, 0.3) is 0 Å². The predicted molar refractivity (Wildman–Crippen MR) is 154 cm³/mol. The lowest BCUT2D eigenvalue weighted by Crippen LogP contribution is -2.47. The van der Waals surface area contributed by atoms with Crippen LogP contribution < -0.4 is 5.32 Å². The Morgan fingerprint density at radius 3 is 2.17 bits per heavy atom. The minimum atomic E-state index is -3.54. The van der Waals surface area contributed by atoms with Gasteiger partial charge in [0.2, 0.25) is 10.0 Å². The normalized spacial score (nSPS) is 27.0. The van der Waals surface area contributed by atoms with Crippen molar-refractivity contribution in [1.82, 2.24) is 9.62 Å². The number of benzene rings is 2. The summed E-state index contributed by atoms with van der Waals surface area (Å²) >= 11 is 0. The van der Waals surface area contributed by atoms with E-state index in [1.165, 1.54) is 7.11 Å². The largest absolute Gasteiger partial charge is 0.468 e. The summed E-state index contributed by atoms with van der Waals surface area (Å²) in [5.74, 6) is -0.297. The number of alkyl carbamates (subject to hydrolysis) is 1. The number of esters is 1. The Balaban J connectivity index is 1.48. The van der Waals surface area contributed by atoms with E-state index < -0.39 is 32.4 Å². The number of carbonyl (C=O) groups excluding carboxylic acids is 2. The monoisotopic (exact) mass is 570 g/mol. The smallest absolute Gasteiger partial charge is 0.407 e. The predicted octanol–water partition coefficient (Wildman–Crippen LogP) is 5.62. The van der Waals surface area contributed by atoms with E-state index in [-0.39, 0.29) is 24.6 Å². The van der Waals surface area contributed by atoms with Gasteiger partial charge in [0.1, 0.15) is 10.9 Å². The molecule has 2 fully saturated rings. The molecule has 1 aliphatic carbocycles. The number of rotatable bonds is 6. The molecule has 2 aromatic carbocycles. The van der Waals surface area contributed by atoms with E-state index in [0.717, 1.165) is 23.1 Å². The van der Waals surface area contributed by atoms with Crippen molar-refractivity contribution in [2.75, 3.05) is 7.11 Å². The molecule has 4 rings (SSSR count). The minimum absolute atomic E-state index is 0.0877. The second kappa shape index (κ2) is 11.9. The third kappa shape index (κ3) is 6.52. The molecule has 0 radical (unpaired) electrons. The van der Waals surface area contributed by atoms with Gasteiger partial charge in [-0.3, -0.25) is 4.79 Å². The summed E-state index contributed by atoms with van der Waals surface area (Å²) < 4.78 is 39.5. The fourth-order valence-electron chi connectivity index (χ4n) is 6.00. The van der Waals surface area contributed by atoms with Crippen LogP contribution in [0.5, 0.6) is 0 Å². The molecular formula is C31H42N2O6S. The molecule has 1 N–H and O–H groups in total. The molecule has 2 aliphatic rings. The summed E-state index contributed by atoms with van der Waals surface area (Å²) in [6.07, 6.45) is 3.21. The van der Waals surface area contributed by atoms with E-state index in [4.69, 9.17) is 9.47 Å². The van der Waals surface area contributed by atoms with Gasteiger partial charge in [0, 0.05) is 18.6 Å². The van der Waals surface area contributed by atoms with Crippen LogP contribution in [-0.4, -0.2) is 49.6 Å². The number of amides is 1. The van der Waals surface area contributed by atoms with Gasteiger partial charge in [0.25, 0.3) is 0 Å². The molecule has 2 atom stereocenters. The van der Waals surface area contributed by atoms with Gasteiger partial charge in [-0.05, 0) is 82.9 Å². The summed E-state index contributed by atoms with van der Waals surface area (Å²) in [4.78, 5) is 25.3. The highest BCUT2D eigenvalue weighted by atomic mass is 32.2. The van der Waals surface area contributed by atoms with Gasteiger partial charge in [-0.2, -0.15) is 4.31 Å². The average Bonchev–Trinajstić information content (AvgIpc) is 2.91. The van der Waals surface area contributed by atoms with E-state index in [9.17, 15) is 18.0 Å². The third-order valence-electron chi connectivity index (χ3n) is 8.18. The van der Waals surface area contributed by atoms with E-state index in [2.05, 4.69) is 5.32 Å². The van der Waals surface area contributed by atoms with Crippen LogP contribution in [0.1, 0.15) is 88.2 Å². The number of nitrogens with zero attached hydrogens (tertiary/aromatic N) is 1. The number of ether oxygens (including phenoxy) is 2. The standard InChI is InChI=1S/C31H42N2O6S/c1-22-11-16-27(24-9-7-6-8-10-24)40(36,37)33(22)21-23-12-14-25(15-13-23)31(28(34)38-5)19-17-26(18-20-31)32-29(35)39-30(2,3)4/h6-10,12-15,22,26-27H,11,16-21H2,1-5H3,(H,32,35)/t22-,26-,27?,31+/m0/s1. The number of hydrogen-bond acceptors (Lipinski definition) is 6. The van der Waals surface area contributed by atoms with E-state index in [0.29, 0.717) is 32.1 Å². The van der Waals surface area contributed by atoms with Crippen molar-refractivity contribution in [3.8, 4) is 0 Å². The highest BCUT2D eigenvalue weighted by Gasteiger charge is 2.45. The number of nitrogens with one attached hydrogen (secondary N) is 1. The Kier molecular flexibility index (Phi) is 8.95. The molecule has 1 amide bonds. The molecule has 8 nitrogen and oxygen atoms in total. The zero-order valence-electron chi connectivity index (χ0n) is 24.2. The van der Waals surface area contributed by atoms with Gasteiger partial charge in [-0.25, -0.2) is 13.2 Å². The van der Waals surface area contributed by atoms with Gasteiger partial charge in [0.15, 0.2) is 0 Å². The Hall–Kier alpha value is -2.91. The number of hydrogen-bond donors (Lipinski definition) is 1. The zero-order valence-corrected chi connectivity index (χ0v) is 25.0. The molecule has 1 aliphatic heterocycles. The van der Waals surface area contributed by atoms with Gasteiger partial charge in [-0.15, -0.1) is 0 Å². The molecule has 0 bridgehead atoms. The van der Waals surface area contributed by atoms with Crippen LogP contribution in [0.15, 0.2) is 54.6 Å². The first-order chi connectivity index (χ1) is 18.9. The molecule has 40 heavy (non-hydrogen) atoms. The molecule has 1 saturated heterocycles. The van der Waals surface area contributed by atoms with Crippen LogP contribution in [0.2, 0.25) is 0 Å². The summed E-state index contributed by atoms with van der Waals surface area (Å²) in [6.45, 7) is 7.70. The van der Waals surface area contributed by atoms with Crippen LogP contribution in [0.3, 0.4) is 0 Å². The first kappa shape index (κ1) is 30.1. The fourth-order valence-corrected chi connectivity index (χ4v) is 8.19. The first-order valence-corrected chi connectivity index (χ1v) is 15.6. The minimum Gasteiger partial charge on any atom is -0.468 e. The van der Waals surface area contributed by atoms with Gasteiger partial charge in [0.05, 0.1) is 12.5 Å². The maximum absolute atomic E-state index is 13.6. The van der Waals surface area contributed by atoms with Crippen LogP contribution in [0, 0.1) is 0 Å². The molecule has 0 spiro atoms. The third-order valence-corrected chi connectivity index (χ3v) is 10.5. The van der Waals surface area contributed by atoms with E-state index in [1.54, 1.807) is 4.31 Å². The van der Waals surface area contributed by atoms with Crippen LogP contribution in [-0.2, 0) is 36.3 Å². The molecule has 1 heterocycles. The molecule has 2 aromatic rings. The molecular weight excluding hydrogens is 528 g/mol. The molecule has 9 heteroatoms. The lowest BCUT2D eigenvalue weighted by Gasteiger charge is -2.39. The van der Waals surface area contributed by atoms with E-state index >= 15 is 0 Å². The lowest BCUT2D eigenvalue weighted by molar-refractivity contribution is -0.149. The van der Waals surface area contributed by atoms with Crippen LogP contribution in [0.4, 0.5) is 4.79 Å². The summed E-state index contributed by atoms with van der Waals surface area (Å²) in [6, 6.07) is 16.9. The van der Waals surface area contributed by atoms with Crippen molar-refractivity contribution in [1.29, 1.82) is 0 Å². The van der Waals surface area contributed by atoms with Gasteiger partial charge >= 0.3 is 12.1 Å². The maximum atomic E-state index is 13.6. The second-order valence-corrected chi connectivity index (χ2v) is 14.2. The summed E-state index contributed by atoms with van der Waals surface area (Å²) in [5, 5.41) is 2.38.